The largest absolute Gasteiger partial charge is 0.479 e. The third kappa shape index (κ3) is 2.70. The van der Waals surface area contributed by atoms with Crippen LogP contribution in [0.2, 0.25) is 0 Å². The van der Waals surface area contributed by atoms with E-state index in [-0.39, 0.29) is 19.8 Å². The summed E-state index contributed by atoms with van der Waals surface area (Å²) in [5.74, 6) is -2.12. The Bertz CT molecular complexity index is 260. The summed E-state index contributed by atoms with van der Waals surface area (Å²) < 4.78 is 9.98. The number of unbranched alkanes of at least 4 members (excludes halogenated alkanes) is 1. The van der Waals surface area contributed by atoms with Crippen molar-refractivity contribution < 1.29 is 24.2 Å². The van der Waals surface area contributed by atoms with Crippen molar-refractivity contribution in [3.8, 4) is 0 Å². The molecule has 0 spiro atoms. The number of carboxylic acid groups (broad SMARTS) is 1. The van der Waals surface area contributed by atoms with E-state index in [1.165, 1.54) is 0 Å². The van der Waals surface area contributed by atoms with Gasteiger partial charge in [0.25, 0.3) is 5.60 Å². The summed E-state index contributed by atoms with van der Waals surface area (Å²) in [4.78, 5) is 22.8. The highest BCUT2D eigenvalue weighted by atomic mass is 16.6. The molecule has 1 unspecified atom stereocenters. The molecule has 1 aliphatic heterocycles. The Balaban J connectivity index is 2.61. The summed E-state index contributed by atoms with van der Waals surface area (Å²) in [6, 6.07) is 0. The van der Waals surface area contributed by atoms with Crippen molar-refractivity contribution in [3.05, 3.63) is 0 Å². The van der Waals surface area contributed by atoms with Gasteiger partial charge in [0.2, 0.25) is 0 Å². The Hall–Kier alpha value is -1.14. The maximum atomic E-state index is 11.7. The number of hydrogen-bond donors (Lipinski definition) is 2. The van der Waals surface area contributed by atoms with E-state index in [0.717, 1.165) is 12.8 Å². The molecule has 1 rings (SSSR count). The average molecular weight is 231 g/mol. The number of aliphatic carboxylic acids is 1. The predicted molar refractivity (Wildman–Crippen MR) is 55.1 cm³/mol. The number of rotatable bonds is 5. The highest BCUT2D eigenvalue weighted by molar-refractivity contribution is 6.03. The highest BCUT2D eigenvalue weighted by Crippen LogP contribution is 2.16. The molecule has 0 bridgehead atoms. The molecule has 1 heterocycles. The maximum absolute atomic E-state index is 11.7. The van der Waals surface area contributed by atoms with Gasteiger partial charge in [0.15, 0.2) is 0 Å². The van der Waals surface area contributed by atoms with Crippen molar-refractivity contribution >= 4 is 11.9 Å². The fourth-order valence-corrected chi connectivity index (χ4v) is 1.39. The molecule has 6 heteroatoms. The zero-order valence-electron chi connectivity index (χ0n) is 9.32. The van der Waals surface area contributed by atoms with Crippen LogP contribution in [0.25, 0.3) is 0 Å². The van der Waals surface area contributed by atoms with E-state index in [1.807, 2.05) is 6.92 Å². The number of esters is 1. The van der Waals surface area contributed by atoms with Crippen LogP contribution in [0.15, 0.2) is 0 Å². The molecular weight excluding hydrogens is 214 g/mol. The number of ether oxygens (including phenoxy) is 2. The van der Waals surface area contributed by atoms with Crippen molar-refractivity contribution in [2.24, 2.45) is 0 Å². The maximum Gasteiger partial charge on any atom is 0.351 e. The second-order valence-electron chi connectivity index (χ2n) is 3.65. The molecule has 6 nitrogen and oxygen atoms in total. The van der Waals surface area contributed by atoms with Crippen molar-refractivity contribution in [2.75, 3.05) is 26.3 Å². The van der Waals surface area contributed by atoms with Gasteiger partial charge in [0, 0.05) is 13.1 Å². The lowest BCUT2D eigenvalue weighted by Gasteiger charge is -2.31. The van der Waals surface area contributed by atoms with Gasteiger partial charge >= 0.3 is 11.9 Å². The Kier molecular flexibility index (Phi) is 4.70. The molecule has 0 aromatic carbocycles. The van der Waals surface area contributed by atoms with Crippen LogP contribution in [0.1, 0.15) is 19.8 Å². The number of nitrogens with one attached hydrogen (secondary N) is 1. The lowest BCUT2D eigenvalue weighted by atomic mass is 10.0. The monoisotopic (exact) mass is 231 g/mol. The van der Waals surface area contributed by atoms with Crippen LogP contribution in [0, 0.1) is 0 Å². The number of carboxylic acids is 1. The van der Waals surface area contributed by atoms with E-state index >= 15 is 0 Å². The van der Waals surface area contributed by atoms with Crippen molar-refractivity contribution in [1.82, 2.24) is 5.32 Å². The Morgan fingerprint density at radius 2 is 2.31 bits per heavy atom. The van der Waals surface area contributed by atoms with Crippen LogP contribution in [0.5, 0.6) is 0 Å². The fourth-order valence-electron chi connectivity index (χ4n) is 1.39. The van der Waals surface area contributed by atoms with E-state index in [0.29, 0.717) is 6.54 Å². The lowest BCUT2D eigenvalue weighted by molar-refractivity contribution is -0.190. The minimum absolute atomic E-state index is 0.0483. The first kappa shape index (κ1) is 12.9. The smallest absolute Gasteiger partial charge is 0.351 e. The third-order valence-corrected chi connectivity index (χ3v) is 2.41. The second kappa shape index (κ2) is 5.81. The number of carbonyl (C=O) groups is 2. The first-order valence-electron chi connectivity index (χ1n) is 5.39. The quantitative estimate of drug-likeness (QED) is 0.386. The fraction of sp³-hybridized carbons (Fsp3) is 0.800. The second-order valence-corrected chi connectivity index (χ2v) is 3.65. The van der Waals surface area contributed by atoms with Crippen molar-refractivity contribution in [2.45, 2.75) is 25.4 Å². The van der Waals surface area contributed by atoms with Gasteiger partial charge in [0.05, 0.1) is 13.2 Å². The molecule has 0 amide bonds. The summed E-state index contributed by atoms with van der Waals surface area (Å²) >= 11 is 0. The highest BCUT2D eigenvalue weighted by Gasteiger charge is 2.50. The molecule has 16 heavy (non-hydrogen) atoms. The molecule has 1 saturated heterocycles. The van der Waals surface area contributed by atoms with Crippen LogP contribution in [0.4, 0.5) is 0 Å². The van der Waals surface area contributed by atoms with Crippen LogP contribution in [-0.2, 0) is 19.1 Å². The van der Waals surface area contributed by atoms with Crippen LogP contribution in [-0.4, -0.2) is 48.9 Å². The summed E-state index contributed by atoms with van der Waals surface area (Å²) in [5, 5.41) is 11.9. The van der Waals surface area contributed by atoms with Gasteiger partial charge in [-0.3, -0.25) is 0 Å². The normalized spacial score (nSPS) is 25.1. The van der Waals surface area contributed by atoms with E-state index in [4.69, 9.17) is 14.6 Å². The molecule has 0 radical (unpaired) electrons. The van der Waals surface area contributed by atoms with E-state index in [2.05, 4.69) is 5.32 Å². The third-order valence-electron chi connectivity index (χ3n) is 2.41. The predicted octanol–water partition coefficient (Wildman–Crippen LogP) is -0.227. The molecule has 2 N–H and O–H groups in total. The van der Waals surface area contributed by atoms with Gasteiger partial charge in [-0.25, -0.2) is 9.59 Å². The molecule has 0 aromatic heterocycles. The molecule has 0 aromatic rings. The van der Waals surface area contributed by atoms with Gasteiger partial charge in [0.1, 0.15) is 0 Å². The van der Waals surface area contributed by atoms with Crippen LogP contribution >= 0.6 is 0 Å². The zero-order chi connectivity index (χ0) is 12.0. The molecule has 1 fully saturated rings. The van der Waals surface area contributed by atoms with E-state index in [9.17, 15) is 9.59 Å². The number of hydrogen-bond acceptors (Lipinski definition) is 5. The number of morpholine rings is 1. The van der Waals surface area contributed by atoms with Crippen molar-refractivity contribution in [3.63, 3.8) is 0 Å². The Morgan fingerprint density at radius 1 is 1.56 bits per heavy atom. The summed E-state index contributed by atoms with van der Waals surface area (Å²) in [6.07, 6.45) is 1.60. The molecule has 1 aliphatic rings. The van der Waals surface area contributed by atoms with Gasteiger partial charge in [-0.1, -0.05) is 13.3 Å². The molecule has 0 saturated carbocycles. The SMILES string of the molecule is CCCCOC(=O)C1(C(=O)O)CNCCO1. The standard InChI is InChI=1S/C10H17NO5/c1-2-3-5-15-9(14)10(8(12)13)7-11-4-6-16-10/h11H,2-7H2,1H3,(H,12,13). The topological polar surface area (TPSA) is 84.9 Å². The molecule has 1 atom stereocenters. The van der Waals surface area contributed by atoms with Crippen LogP contribution in [0.3, 0.4) is 0 Å². The van der Waals surface area contributed by atoms with Gasteiger partial charge in [-0.15, -0.1) is 0 Å². The summed E-state index contributed by atoms with van der Waals surface area (Å²) in [7, 11) is 0. The van der Waals surface area contributed by atoms with Gasteiger partial charge < -0.3 is 19.9 Å². The van der Waals surface area contributed by atoms with Gasteiger partial charge in [-0.2, -0.15) is 0 Å². The number of carbonyl (C=O) groups excluding carboxylic acids is 1. The minimum Gasteiger partial charge on any atom is -0.479 e. The molecular formula is C10H17NO5. The Labute approximate surface area is 93.9 Å². The summed E-state index contributed by atoms with van der Waals surface area (Å²) in [5.41, 5.74) is -1.87. The average Bonchev–Trinajstić information content (AvgIpc) is 2.30. The Morgan fingerprint density at radius 3 is 2.81 bits per heavy atom. The zero-order valence-corrected chi connectivity index (χ0v) is 9.32. The lowest BCUT2D eigenvalue weighted by Crippen LogP contribution is -2.60. The van der Waals surface area contributed by atoms with E-state index < -0.39 is 17.5 Å². The van der Waals surface area contributed by atoms with Crippen molar-refractivity contribution in [1.29, 1.82) is 0 Å². The van der Waals surface area contributed by atoms with Gasteiger partial charge in [-0.05, 0) is 6.42 Å². The molecule has 92 valence electrons. The first-order valence-corrected chi connectivity index (χ1v) is 5.39. The minimum atomic E-state index is -1.87. The van der Waals surface area contributed by atoms with E-state index in [1.54, 1.807) is 0 Å². The van der Waals surface area contributed by atoms with Crippen LogP contribution < -0.4 is 5.32 Å². The first-order chi connectivity index (χ1) is 7.63. The summed E-state index contributed by atoms with van der Waals surface area (Å²) in [6.45, 7) is 2.87. The molecule has 0 aliphatic carbocycles.